The smallest absolute Gasteiger partial charge is 0.222 e. The third kappa shape index (κ3) is 5.94. The molecule has 0 bridgehead atoms. The number of nitrogens with zero attached hydrogens (tertiary/aromatic N) is 2. The van der Waals surface area contributed by atoms with Crippen molar-refractivity contribution in [3.8, 4) is 12.3 Å². The standard InChI is InChI=1S/C16H29N3O/c1-3-5-15(8-9-17)6-7-16(20)19-13-11-18(10-4-2)12-14-19/h2,15H,3,5-14,17H2,1H3. The first-order chi connectivity index (χ1) is 9.71. The summed E-state index contributed by atoms with van der Waals surface area (Å²) < 4.78 is 0. The SMILES string of the molecule is C#CCN1CCN(C(=O)CCC(CCC)CCN)CC1. The van der Waals surface area contributed by atoms with Gasteiger partial charge >= 0.3 is 0 Å². The summed E-state index contributed by atoms with van der Waals surface area (Å²) in [4.78, 5) is 16.4. The van der Waals surface area contributed by atoms with Crippen LogP contribution in [0.2, 0.25) is 0 Å². The van der Waals surface area contributed by atoms with Gasteiger partial charge in [0.05, 0.1) is 6.54 Å². The number of amides is 1. The van der Waals surface area contributed by atoms with E-state index in [2.05, 4.69) is 17.7 Å². The zero-order valence-corrected chi connectivity index (χ0v) is 12.8. The van der Waals surface area contributed by atoms with Gasteiger partial charge in [-0.2, -0.15) is 0 Å². The number of carbonyl (C=O) groups excluding carboxylic acids is 1. The molecule has 1 amide bonds. The molecule has 0 saturated carbocycles. The van der Waals surface area contributed by atoms with Crippen LogP contribution >= 0.6 is 0 Å². The van der Waals surface area contributed by atoms with Crippen LogP contribution in [0.1, 0.15) is 39.0 Å². The Hall–Kier alpha value is -1.05. The Morgan fingerprint density at radius 3 is 2.50 bits per heavy atom. The summed E-state index contributed by atoms with van der Waals surface area (Å²) in [5, 5.41) is 0. The van der Waals surface area contributed by atoms with Crippen molar-refractivity contribution in [2.24, 2.45) is 11.7 Å². The van der Waals surface area contributed by atoms with Gasteiger partial charge in [-0.1, -0.05) is 25.7 Å². The molecule has 0 aromatic carbocycles. The van der Waals surface area contributed by atoms with Crippen molar-refractivity contribution in [1.82, 2.24) is 9.80 Å². The van der Waals surface area contributed by atoms with Crippen molar-refractivity contribution in [2.75, 3.05) is 39.3 Å². The minimum atomic E-state index is 0.295. The zero-order chi connectivity index (χ0) is 14.8. The van der Waals surface area contributed by atoms with Crippen LogP contribution in [0.15, 0.2) is 0 Å². The van der Waals surface area contributed by atoms with Crippen LogP contribution < -0.4 is 5.73 Å². The fraction of sp³-hybridized carbons (Fsp3) is 0.812. The van der Waals surface area contributed by atoms with E-state index < -0.39 is 0 Å². The zero-order valence-electron chi connectivity index (χ0n) is 12.8. The van der Waals surface area contributed by atoms with Crippen LogP contribution in [0.5, 0.6) is 0 Å². The molecule has 1 atom stereocenters. The monoisotopic (exact) mass is 279 g/mol. The topological polar surface area (TPSA) is 49.6 Å². The lowest BCUT2D eigenvalue weighted by atomic mass is 9.94. The highest BCUT2D eigenvalue weighted by atomic mass is 16.2. The molecule has 0 aromatic heterocycles. The fourth-order valence-corrected chi connectivity index (χ4v) is 2.85. The molecule has 114 valence electrons. The molecule has 4 heteroatoms. The lowest BCUT2D eigenvalue weighted by Gasteiger charge is -2.34. The predicted octanol–water partition coefficient (Wildman–Crippen LogP) is 1.31. The van der Waals surface area contributed by atoms with Gasteiger partial charge in [0.1, 0.15) is 0 Å². The van der Waals surface area contributed by atoms with Gasteiger partial charge in [0.2, 0.25) is 5.91 Å². The predicted molar refractivity (Wildman–Crippen MR) is 83.2 cm³/mol. The number of rotatable bonds is 8. The molecule has 1 saturated heterocycles. The summed E-state index contributed by atoms with van der Waals surface area (Å²) in [5.74, 6) is 3.56. The molecule has 0 aromatic rings. The van der Waals surface area contributed by atoms with E-state index in [0.29, 0.717) is 24.8 Å². The molecule has 1 aliphatic heterocycles. The van der Waals surface area contributed by atoms with Crippen LogP contribution in [0.3, 0.4) is 0 Å². The Bertz CT molecular complexity index is 310. The van der Waals surface area contributed by atoms with Crippen LogP contribution in [0.4, 0.5) is 0 Å². The van der Waals surface area contributed by atoms with Gasteiger partial charge in [-0.05, 0) is 25.3 Å². The highest BCUT2D eigenvalue weighted by Crippen LogP contribution is 2.18. The van der Waals surface area contributed by atoms with E-state index in [1.165, 1.54) is 12.8 Å². The highest BCUT2D eigenvalue weighted by Gasteiger charge is 2.21. The molecule has 1 unspecified atom stereocenters. The summed E-state index contributed by atoms with van der Waals surface area (Å²) >= 11 is 0. The third-order valence-electron chi connectivity index (χ3n) is 4.08. The average Bonchev–Trinajstić information content (AvgIpc) is 2.46. The van der Waals surface area contributed by atoms with Gasteiger partial charge in [0.25, 0.3) is 0 Å². The van der Waals surface area contributed by atoms with E-state index in [4.69, 9.17) is 12.2 Å². The molecule has 4 nitrogen and oxygen atoms in total. The molecular formula is C16H29N3O. The lowest BCUT2D eigenvalue weighted by Crippen LogP contribution is -2.48. The summed E-state index contributed by atoms with van der Waals surface area (Å²) in [6, 6.07) is 0. The number of piperazine rings is 1. The lowest BCUT2D eigenvalue weighted by molar-refractivity contribution is -0.133. The third-order valence-corrected chi connectivity index (χ3v) is 4.08. The van der Waals surface area contributed by atoms with E-state index in [1.807, 2.05) is 4.90 Å². The normalized spacial score (nSPS) is 17.8. The van der Waals surface area contributed by atoms with Gasteiger partial charge in [-0.3, -0.25) is 9.69 Å². The number of nitrogens with two attached hydrogens (primary N) is 1. The summed E-state index contributed by atoms with van der Waals surface area (Å²) in [6.07, 6.45) is 10.3. The maximum atomic E-state index is 12.2. The minimum absolute atomic E-state index is 0.295. The maximum Gasteiger partial charge on any atom is 0.222 e. The quantitative estimate of drug-likeness (QED) is 0.682. The van der Waals surface area contributed by atoms with Crippen molar-refractivity contribution in [1.29, 1.82) is 0 Å². The van der Waals surface area contributed by atoms with Crippen LogP contribution in [-0.2, 0) is 4.79 Å². The van der Waals surface area contributed by atoms with Crippen molar-refractivity contribution in [3.63, 3.8) is 0 Å². The van der Waals surface area contributed by atoms with Crippen LogP contribution in [0.25, 0.3) is 0 Å². The van der Waals surface area contributed by atoms with E-state index in [9.17, 15) is 4.79 Å². The molecule has 1 heterocycles. The van der Waals surface area contributed by atoms with Gasteiger partial charge in [0, 0.05) is 32.6 Å². The maximum absolute atomic E-state index is 12.2. The van der Waals surface area contributed by atoms with Gasteiger partial charge in [-0.25, -0.2) is 0 Å². The molecular weight excluding hydrogens is 250 g/mol. The second-order valence-electron chi connectivity index (χ2n) is 5.63. The van der Waals surface area contributed by atoms with Crippen LogP contribution in [-0.4, -0.2) is 55.0 Å². The minimum Gasteiger partial charge on any atom is -0.340 e. The Kier molecular flexibility index (Phi) is 8.32. The van der Waals surface area contributed by atoms with Gasteiger partial charge in [0.15, 0.2) is 0 Å². The molecule has 1 aliphatic rings. The van der Waals surface area contributed by atoms with Crippen molar-refractivity contribution < 1.29 is 4.79 Å². The number of terminal acetylenes is 1. The van der Waals surface area contributed by atoms with Crippen molar-refractivity contribution in [2.45, 2.75) is 39.0 Å². The van der Waals surface area contributed by atoms with E-state index in [-0.39, 0.29) is 0 Å². The molecule has 0 aliphatic carbocycles. The first-order valence-corrected chi connectivity index (χ1v) is 7.84. The molecule has 0 spiro atoms. The Morgan fingerprint density at radius 2 is 1.95 bits per heavy atom. The molecule has 1 rings (SSSR count). The van der Waals surface area contributed by atoms with Gasteiger partial charge < -0.3 is 10.6 Å². The number of hydrogen-bond donors (Lipinski definition) is 1. The Labute approximate surface area is 123 Å². The summed E-state index contributed by atoms with van der Waals surface area (Å²) in [7, 11) is 0. The van der Waals surface area contributed by atoms with Crippen LogP contribution in [0, 0.1) is 18.3 Å². The molecule has 1 fully saturated rings. The number of carbonyl (C=O) groups is 1. The average molecular weight is 279 g/mol. The van der Waals surface area contributed by atoms with E-state index in [0.717, 1.165) is 45.6 Å². The van der Waals surface area contributed by atoms with Crippen molar-refractivity contribution in [3.05, 3.63) is 0 Å². The van der Waals surface area contributed by atoms with Gasteiger partial charge in [-0.15, -0.1) is 6.42 Å². The number of hydrogen-bond acceptors (Lipinski definition) is 3. The molecule has 2 N–H and O–H groups in total. The Balaban J connectivity index is 2.27. The molecule has 20 heavy (non-hydrogen) atoms. The van der Waals surface area contributed by atoms with E-state index in [1.54, 1.807) is 0 Å². The molecule has 0 radical (unpaired) electrons. The summed E-state index contributed by atoms with van der Waals surface area (Å²) in [6.45, 7) is 7.04. The fourth-order valence-electron chi connectivity index (χ4n) is 2.85. The van der Waals surface area contributed by atoms with Crippen molar-refractivity contribution >= 4 is 5.91 Å². The largest absolute Gasteiger partial charge is 0.340 e. The second-order valence-corrected chi connectivity index (χ2v) is 5.63. The first-order valence-electron chi connectivity index (χ1n) is 7.84. The summed E-state index contributed by atoms with van der Waals surface area (Å²) in [5.41, 5.74) is 5.64. The second kappa shape index (κ2) is 9.79. The van der Waals surface area contributed by atoms with E-state index >= 15 is 0 Å². The highest BCUT2D eigenvalue weighted by molar-refractivity contribution is 5.76. The first kappa shape index (κ1) is 17.0. The Morgan fingerprint density at radius 1 is 1.25 bits per heavy atom.